The Morgan fingerprint density at radius 1 is 1.40 bits per heavy atom. The molecule has 0 bridgehead atoms. The predicted octanol–water partition coefficient (Wildman–Crippen LogP) is 2.36. The SMILES string of the molecule is Cn1cc(-c2cccnc2C=NS(=O)C(C)(C)C)cn1. The Balaban J connectivity index is 2.34. The summed E-state index contributed by atoms with van der Waals surface area (Å²) in [6, 6.07) is 3.81. The third-order valence-corrected chi connectivity index (χ3v) is 3.99. The summed E-state index contributed by atoms with van der Waals surface area (Å²) < 4.78 is 17.4. The van der Waals surface area contributed by atoms with E-state index >= 15 is 0 Å². The Kier molecular flexibility index (Phi) is 4.13. The highest BCUT2D eigenvalue weighted by molar-refractivity contribution is 7.85. The lowest BCUT2D eigenvalue weighted by atomic mass is 10.1. The molecule has 2 aromatic rings. The molecule has 106 valence electrons. The van der Waals surface area contributed by atoms with Gasteiger partial charge in [0.1, 0.15) is 11.0 Å². The first kappa shape index (κ1) is 14.6. The van der Waals surface area contributed by atoms with Crippen molar-refractivity contribution in [3.05, 3.63) is 36.4 Å². The standard InChI is InChI=1S/C14H18N4OS/c1-14(2,3)20(19)17-9-13-12(6-5-7-15-13)11-8-16-18(4)10-11/h5-10H,1-4H3. The topological polar surface area (TPSA) is 60.1 Å². The predicted molar refractivity (Wildman–Crippen MR) is 81.9 cm³/mol. The van der Waals surface area contributed by atoms with Crippen molar-refractivity contribution in [2.24, 2.45) is 11.4 Å². The zero-order valence-corrected chi connectivity index (χ0v) is 12.9. The van der Waals surface area contributed by atoms with Gasteiger partial charge in [0.2, 0.25) is 0 Å². The van der Waals surface area contributed by atoms with Crippen molar-refractivity contribution in [3.8, 4) is 11.1 Å². The molecular formula is C14H18N4OS. The zero-order chi connectivity index (χ0) is 14.8. The molecule has 2 aromatic heterocycles. The van der Waals surface area contributed by atoms with E-state index in [2.05, 4.69) is 14.5 Å². The van der Waals surface area contributed by atoms with E-state index in [1.54, 1.807) is 23.3 Å². The van der Waals surface area contributed by atoms with E-state index in [1.807, 2.05) is 46.1 Å². The van der Waals surface area contributed by atoms with Gasteiger partial charge in [-0.3, -0.25) is 9.67 Å². The highest BCUT2D eigenvalue weighted by Gasteiger charge is 2.18. The first-order chi connectivity index (χ1) is 9.38. The van der Waals surface area contributed by atoms with Crippen LogP contribution in [0.3, 0.4) is 0 Å². The van der Waals surface area contributed by atoms with Crippen molar-refractivity contribution in [2.45, 2.75) is 25.5 Å². The Hall–Kier alpha value is -1.82. The maximum absolute atomic E-state index is 12.0. The fourth-order valence-corrected chi connectivity index (χ4v) is 2.09. The summed E-state index contributed by atoms with van der Waals surface area (Å²) in [6.07, 6.45) is 6.95. The number of rotatable bonds is 3. The Morgan fingerprint density at radius 3 is 2.75 bits per heavy atom. The van der Waals surface area contributed by atoms with Crippen LogP contribution < -0.4 is 0 Å². The van der Waals surface area contributed by atoms with E-state index in [-0.39, 0.29) is 4.75 Å². The van der Waals surface area contributed by atoms with E-state index in [0.717, 1.165) is 11.1 Å². The Labute approximate surface area is 121 Å². The molecule has 0 aliphatic carbocycles. The molecule has 0 saturated carbocycles. The van der Waals surface area contributed by atoms with Gasteiger partial charge in [0.05, 0.1) is 22.9 Å². The molecule has 5 nitrogen and oxygen atoms in total. The van der Waals surface area contributed by atoms with Crippen LogP contribution in [0.25, 0.3) is 11.1 Å². The minimum Gasteiger partial charge on any atom is -0.275 e. The van der Waals surface area contributed by atoms with Gasteiger partial charge in [0, 0.05) is 30.6 Å². The first-order valence-corrected chi connectivity index (χ1v) is 7.39. The molecule has 0 spiro atoms. The fourth-order valence-electron chi connectivity index (χ4n) is 1.58. The molecule has 0 aliphatic heterocycles. The lowest BCUT2D eigenvalue weighted by molar-refractivity contribution is 0.651. The van der Waals surface area contributed by atoms with Gasteiger partial charge in [-0.25, -0.2) is 4.21 Å². The van der Waals surface area contributed by atoms with Crippen LogP contribution in [0, 0.1) is 0 Å². The molecular weight excluding hydrogens is 272 g/mol. The van der Waals surface area contributed by atoms with E-state index in [4.69, 9.17) is 0 Å². The molecule has 0 N–H and O–H groups in total. The molecule has 0 aliphatic rings. The Morgan fingerprint density at radius 2 is 2.15 bits per heavy atom. The van der Waals surface area contributed by atoms with Gasteiger partial charge in [0.15, 0.2) is 0 Å². The van der Waals surface area contributed by atoms with Crippen molar-refractivity contribution < 1.29 is 4.21 Å². The van der Waals surface area contributed by atoms with Crippen LogP contribution in [-0.2, 0) is 18.0 Å². The molecule has 2 heterocycles. The number of hydrogen-bond donors (Lipinski definition) is 0. The summed E-state index contributed by atoms with van der Waals surface area (Å²) >= 11 is 0. The number of aryl methyl sites for hydroxylation is 1. The number of aromatic nitrogens is 3. The highest BCUT2D eigenvalue weighted by Crippen LogP contribution is 2.20. The van der Waals surface area contributed by atoms with Gasteiger partial charge in [0.25, 0.3) is 0 Å². The second-order valence-electron chi connectivity index (χ2n) is 5.43. The molecule has 1 atom stereocenters. The van der Waals surface area contributed by atoms with Gasteiger partial charge in [-0.15, -0.1) is 0 Å². The highest BCUT2D eigenvalue weighted by atomic mass is 32.2. The minimum atomic E-state index is -1.29. The maximum Gasteiger partial charge on any atom is 0.144 e. The molecule has 2 rings (SSSR count). The van der Waals surface area contributed by atoms with E-state index in [1.165, 1.54) is 0 Å². The average Bonchev–Trinajstić information content (AvgIpc) is 2.81. The summed E-state index contributed by atoms with van der Waals surface area (Å²) in [5, 5.41) is 4.15. The quantitative estimate of drug-likeness (QED) is 0.815. The third kappa shape index (κ3) is 3.39. The van der Waals surface area contributed by atoms with Crippen LogP contribution in [0.2, 0.25) is 0 Å². The zero-order valence-electron chi connectivity index (χ0n) is 12.1. The van der Waals surface area contributed by atoms with Gasteiger partial charge in [-0.1, -0.05) is 6.07 Å². The van der Waals surface area contributed by atoms with Crippen molar-refractivity contribution in [1.29, 1.82) is 0 Å². The lowest BCUT2D eigenvalue weighted by Crippen LogP contribution is -2.19. The third-order valence-electron chi connectivity index (χ3n) is 2.65. The van der Waals surface area contributed by atoms with Crippen molar-refractivity contribution in [2.75, 3.05) is 0 Å². The largest absolute Gasteiger partial charge is 0.275 e. The fraction of sp³-hybridized carbons (Fsp3) is 0.357. The minimum absolute atomic E-state index is 0.375. The molecule has 0 fully saturated rings. The number of hydrogen-bond acceptors (Lipinski definition) is 3. The van der Waals surface area contributed by atoms with Crippen LogP contribution in [0.4, 0.5) is 0 Å². The van der Waals surface area contributed by atoms with Gasteiger partial charge < -0.3 is 0 Å². The average molecular weight is 290 g/mol. The lowest BCUT2D eigenvalue weighted by Gasteiger charge is -2.12. The van der Waals surface area contributed by atoms with Gasteiger partial charge in [-0.05, 0) is 26.8 Å². The first-order valence-electron chi connectivity index (χ1n) is 6.28. The van der Waals surface area contributed by atoms with E-state index < -0.39 is 11.0 Å². The molecule has 1 unspecified atom stereocenters. The molecule has 6 heteroatoms. The summed E-state index contributed by atoms with van der Waals surface area (Å²) in [5.41, 5.74) is 2.58. The molecule has 0 amide bonds. The van der Waals surface area contributed by atoms with Crippen LogP contribution in [0.15, 0.2) is 35.1 Å². The second-order valence-corrected chi connectivity index (χ2v) is 7.37. The smallest absolute Gasteiger partial charge is 0.144 e. The normalized spacial score (nSPS) is 13.8. The maximum atomic E-state index is 12.0. The molecule has 0 aromatic carbocycles. The monoisotopic (exact) mass is 290 g/mol. The van der Waals surface area contributed by atoms with Crippen LogP contribution in [-0.4, -0.2) is 29.9 Å². The Bertz CT molecular complexity index is 655. The van der Waals surface area contributed by atoms with E-state index in [0.29, 0.717) is 5.69 Å². The molecule has 20 heavy (non-hydrogen) atoms. The van der Waals surface area contributed by atoms with Crippen molar-refractivity contribution >= 4 is 17.2 Å². The van der Waals surface area contributed by atoms with Crippen molar-refractivity contribution in [3.63, 3.8) is 0 Å². The molecule has 0 radical (unpaired) electrons. The summed E-state index contributed by atoms with van der Waals surface area (Å²) in [5.74, 6) is 0. The van der Waals surface area contributed by atoms with Gasteiger partial charge >= 0.3 is 0 Å². The van der Waals surface area contributed by atoms with Crippen LogP contribution in [0.5, 0.6) is 0 Å². The number of nitrogens with zero attached hydrogens (tertiary/aromatic N) is 4. The van der Waals surface area contributed by atoms with Crippen LogP contribution in [0.1, 0.15) is 26.5 Å². The molecule has 0 saturated heterocycles. The summed E-state index contributed by atoms with van der Waals surface area (Å²) in [6.45, 7) is 5.67. The second kappa shape index (κ2) is 5.66. The van der Waals surface area contributed by atoms with Crippen molar-refractivity contribution in [1.82, 2.24) is 14.8 Å². The summed E-state index contributed by atoms with van der Waals surface area (Å²) in [4.78, 5) is 4.30. The number of pyridine rings is 1. The summed E-state index contributed by atoms with van der Waals surface area (Å²) in [7, 11) is 0.575. The van der Waals surface area contributed by atoms with Gasteiger partial charge in [-0.2, -0.15) is 9.50 Å². The van der Waals surface area contributed by atoms with Crippen LogP contribution >= 0.6 is 0 Å². The van der Waals surface area contributed by atoms with E-state index in [9.17, 15) is 4.21 Å².